The highest BCUT2D eigenvalue weighted by Crippen LogP contribution is 2.25. The summed E-state index contributed by atoms with van der Waals surface area (Å²) >= 11 is 0. The molecule has 17 heavy (non-hydrogen) atoms. The molecule has 3 unspecified atom stereocenters. The molecule has 0 bridgehead atoms. The van der Waals surface area contributed by atoms with Crippen molar-refractivity contribution in [3.05, 3.63) is 0 Å². The third kappa shape index (κ3) is 3.70. The number of unbranched alkanes of at least 4 members (excludes halogenated alkanes) is 1. The molecule has 0 radical (unpaired) electrons. The number of carbonyl (C=O) groups excluding carboxylic acids is 2. The van der Waals surface area contributed by atoms with Crippen molar-refractivity contribution >= 4 is 11.9 Å². The summed E-state index contributed by atoms with van der Waals surface area (Å²) in [5.41, 5.74) is 0. The van der Waals surface area contributed by atoms with Gasteiger partial charge in [-0.1, -0.05) is 20.3 Å². The fourth-order valence-corrected chi connectivity index (χ4v) is 1.79. The molecule has 3 atom stereocenters. The fraction of sp³-hybridized carbons (Fsp3) is 0.833. The van der Waals surface area contributed by atoms with E-state index in [1.54, 1.807) is 0 Å². The Bertz CT molecular complexity index is 280. The van der Waals surface area contributed by atoms with E-state index < -0.39 is 0 Å². The Kier molecular flexibility index (Phi) is 5.41. The molecule has 0 amide bonds. The molecule has 1 saturated heterocycles. The molecule has 1 aliphatic rings. The van der Waals surface area contributed by atoms with Gasteiger partial charge in [0, 0.05) is 6.54 Å². The van der Waals surface area contributed by atoms with Crippen LogP contribution in [0.3, 0.4) is 0 Å². The van der Waals surface area contributed by atoms with Crippen LogP contribution in [0.25, 0.3) is 0 Å². The number of methoxy groups -OCH3 is 1. The second-order valence-electron chi connectivity index (χ2n) is 4.18. The molecular weight excluding hydrogens is 222 g/mol. The molecule has 1 aliphatic heterocycles. The van der Waals surface area contributed by atoms with Crippen molar-refractivity contribution in [1.29, 1.82) is 0 Å². The SMILES string of the molecule is CCCCOC(=O)C1CN1C(CC)C(=O)OC. The van der Waals surface area contributed by atoms with Crippen molar-refractivity contribution in [2.24, 2.45) is 0 Å². The van der Waals surface area contributed by atoms with Gasteiger partial charge < -0.3 is 9.47 Å². The lowest BCUT2D eigenvalue weighted by atomic mass is 10.2. The summed E-state index contributed by atoms with van der Waals surface area (Å²) in [6.45, 7) is 5.01. The van der Waals surface area contributed by atoms with Crippen LogP contribution in [0.4, 0.5) is 0 Å². The van der Waals surface area contributed by atoms with Gasteiger partial charge in [0.2, 0.25) is 0 Å². The van der Waals surface area contributed by atoms with E-state index in [0.29, 0.717) is 19.6 Å². The van der Waals surface area contributed by atoms with Crippen LogP contribution in [0, 0.1) is 0 Å². The maximum Gasteiger partial charge on any atom is 0.324 e. The van der Waals surface area contributed by atoms with Gasteiger partial charge in [-0.25, -0.2) is 0 Å². The summed E-state index contributed by atoms with van der Waals surface area (Å²) in [6.07, 6.45) is 2.53. The summed E-state index contributed by atoms with van der Waals surface area (Å²) < 4.78 is 9.81. The lowest BCUT2D eigenvalue weighted by Crippen LogP contribution is -2.32. The minimum atomic E-state index is -0.316. The predicted molar refractivity (Wildman–Crippen MR) is 62.5 cm³/mol. The quantitative estimate of drug-likeness (QED) is 0.379. The minimum Gasteiger partial charge on any atom is -0.468 e. The first-order valence-corrected chi connectivity index (χ1v) is 6.15. The Morgan fingerprint density at radius 2 is 2.12 bits per heavy atom. The lowest BCUT2D eigenvalue weighted by molar-refractivity contribution is -0.147. The third-order valence-corrected chi connectivity index (χ3v) is 2.93. The second kappa shape index (κ2) is 6.59. The van der Waals surface area contributed by atoms with Crippen LogP contribution in [0.15, 0.2) is 0 Å². The van der Waals surface area contributed by atoms with Crippen molar-refractivity contribution in [1.82, 2.24) is 4.90 Å². The molecule has 0 aromatic heterocycles. The van der Waals surface area contributed by atoms with E-state index in [1.165, 1.54) is 7.11 Å². The van der Waals surface area contributed by atoms with Gasteiger partial charge in [0.1, 0.15) is 12.1 Å². The first-order chi connectivity index (χ1) is 8.15. The van der Waals surface area contributed by atoms with Crippen LogP contribution in [0.2, 0.25) is 0 Å². The van der Waals surface area contributed by atoms with Crippen LogP contribution in [0.1, 0.15) is 33.1 Å². The van der Waals surface area contributed by atoms with Crippen LogP contribution in [-0.4, -0.2) is 49.2 Å². The van der Waals surface area contributed by atoms with E-state index in [4.69, 9.17) is 9.47 Å². The van der Waals surface area contributed by atoms with E-state index in [1.807, 2.05) is 18.7 Å². The molecule has 5 nitrogen and oxygen atoms in total. The van der Waals surface area contributed by atoms with Crippen LogP contribution < -0.4 is 0 Å². The van der Waals surface area contributed by atoms with Gasteiger partial charge in [-0.2, -0.15) is 0 Å². The maximum atomic E-state index is 11.6. The molecule has 0 spiro atoms. The highest BCUT2D eigenvalue weighted by Gasteiger charge is 2.48. The van der Waals surface area contributed by atoms with E-state index in [2.05, 4.69) is 0 Å². The Balaban J connectivity index is 2.35. The number of hydrogen-bond acceptors (Lipinski definition) is 5. The Hall–Kier alpha value is -1.10. The molecule has 0 N–H and O–H groups in total. The second-order valence-corrected chi connectivity index (χ2v) is 4.18. The van der Waals surface area contributed by atoms with Gasteiger partial charge in [-0.15, -0.1) is 0 Å². The summed E-state index contributed by atoms with van der Waals surface area (Å²) in [7, 11) is 1.36. The van der Waals surface area contributed by atoms with Crippen LogP contribution in [-0.2, 0) is 19.1 Å². The van der Waals surface area contributed by atoms with Gasteiger partial charge in [-0.3, -0.25) is 14.5 Å². The van der Waals surface area contributed by atoms with Gasteiger partial charge in [0.15, 0.2) is 0 Å². The van der Waals surface area contributed by atoms with Gasteiger partial charge in [0.25, 0.3) is 0 Å². The highest BCUT2D eigenvalue weighted by atomic mass is 16.5. The number of rotatable bonds is 7. The number of esters is 2. The topological polar surface area (TPSA) is 55.6 Å². The first kappa shape index (κ1) is 14.0. The van der Waals surface area contributed by atoms with Gasteiger partial charge in [-0.05, 0) is 12.8 Å². The summed E-state index contributed by atoms with van der Waals surface area (Å²) in [6, 6.07) is -0.570. The van der Waals surface area contributed by atoms with Crippen molar-refractivity contribution in [3.8, 4) is 0 Å². The van der Waals surface area contributed by atoms with E-state index in [0.717, 1.165) is 12.8 Å². The minimum absolute atomic E-state index is 0.221. The maximum absolute atomic E-state index is 11.6. The smallest absolute Gasteiger partial charge is 0.324 e. The van der Waals surface area contributed by atoms with Crippen molar-refractivity contribution in [3.63, 3.8) is 0 Å². The zero-order valence-electron chi connectivity index (χ0n) is 10.8. The molecular formula is C12H21NO4. The molecule has 0 aromatic carbocycles. The molecule has 0 aromatic rings. The molecule has 0 saturated carbocycles. The van der Waals surface area contributed by atoms with Crippen molar-refractivity contribution in [2.75, 3.05) is 20.3 Å². The number of nitrogens with zero attached hydrogens (tertiary/aromatic N) is 1. The van der Waals surface area contributed by atoms with Gasteiger partial charge >= 0.3 is 11.9 Å². The number of ether oxygens (including phenoxy) is 2. The van der Waals surface area contributed by atoms with Crippen LogP contribution >= 0.6 is 0 Å². The Morgan fingerprint density at radius 1 is 1.41 bits per heavy atom. The fourth-order valence-electron chi connectivity index (χ4n) is 1.79. The first-order valence-electron chi connectivity index (χ1n) is 6.15. The third-order valence-electron chi connectivity index (χ3n) is 2.93. The molecule has 98 valence electrons. The molecule has 1 rings (SSSR count). The van der Waals surface area contributed by atoms with E-state index >= 15 is 0 Å². The number of hydrogen-bond donors (Lipinski definition) is 0. The average Bonchev–Trinajstić information content (AvgIpc) is 3.10. The summed E-state index contributed by atoms with van der Waals surface area (Å²) in [5, 5.41) is 0. The standard InChI is InChI=1S/C12H21NO4/c1-4-6-7-17-12(15)10-8-13(10)9(5-2)11(14)16-3/h9-10H,4-8H2,1-3H3. The van der Waals surface area contributed by atoms with Crippen molar-refractivity contribution < 1.29 is 19.1 Å². The normalized spacial score (nSPS) is 23.9. The predicted octanol–water partition coefficient (Wildman–Crippen LogP) is 0.966. The van der Waals surface area contributed by atoms with E-state index in [9.17, 15) is 9.59 Å². The molecule has 0 aliphatic carbocycles. The molecule has 1 heterocycles. The Morgan fingerprint density at radius 3 is 2.65 bits per heavy atom. The summed E-state index contributed by atoms with van der Waals surface area (Å²) in [4.78, 5) is 24.9. The molecule has 1 fully saturated rings. The highest BCUT2D eigenvalue weighted by molar-refractivity contribution is 5.82. The molecule has 5 heteroatoms. The van der Waals surface area contributed by atoms with E-state index in [-0.39, 0.29) is 24.0 Å². The Labute approximate surface area is 102 Å². The lowest BCUT2D eigenvalue weighted by Gasteiger charge is -2.14. The largest absolute Gasteiger partial charge is 0.468 e. The van der Waals surface area contributed by atoms with Crippen molar-refractivity contribution in [2.45, 2.75) is 45.2 Å². The van der Waals surface area contributed by atoms with Crippen LogP contribution in [0.5, 0.6) is 0 Å². The van der Waals surface area contributed by atoms with Gasteiger partial charge in [0.05, 0.1) is 13.7 Å². The summed E-state index contributed by atoms with van der Waals surface area (Å²) in [5.74, 6) is -0.503. The average molecular weight is 243 g/mol. The monoisotopic (exact) mass is 243 g/mol. The zero-order chi connectivity index (χ0) is 12.8. The zero-order valence-corrected chi connectivity index (χ0v) is 10.8. The number of carbonyl (C=O) groups is 2.